The van der Waals surface area contributed by atoms with E-state index >= 15 is 0 Å². The third kappa shape index (κ3) is 1.76. The monoisotopic (exact) mass is 246 g/mol. The van der Waals surface area contributed by atoms with Crippen LogP contribution in [0.2, 0.25) is 0 Å². The summed E-state index contributed by atoms with van der Waals surface area (Å²) in [6.07, 6.45) is 0.334. The standard InChI is InChI=1S/C13H14N2O3/c16-12-8-11-9-18-7-6-14(11)13(17)15(12)10-4-2-1-3-5-10/h1-5,11H,6-9H2. The van der Waals surface area contributed by atoms with Crippen molar-refractivity contribution in [2.24, 2.45) is 0 Å². The number of nitrogens with zero attached hydrogens (tertiary/aromatic N) is 2. The van der Waals surface area contributed by atoms with Gasteiger partial charge in [-0.25, -0.2) is 9.69 Å². The molecule has 0 spiro atoms. The average Bonchev–Trinajstić information content (AvgIpc) is 2.40. The fraction of sp³-hybridized carbons (Fsp3) is 0.385. The van der Waals surface area contributed by atoms with E-state index < -0.39 is 0 Å². The van der Waals surface area contributed by atoms with Crippen LogP contribution in [0.15, 0.2) is 30.3 Å². The van der Waals surface area contributed by atoms with Crippen molar-refractivity contribution in [3.8, 4) is 0 Å². The molecule has 5 heteroatoms. The van der Waals surface area contributed by atoms with E-state index in [4.69, 9.17) is 4.74 Å². The second-order valence-corrected chi connectivity index (χ2v) is 4.47. The number of hydrogen-bond donors (Lipinski definition) is 0. The van der Waals surface area contributed by atoms with Crippen LogP contribution in [0.4, 0.5) is 10.5 Å². The molecular weight excluding hydrogens is 232 g/mol. The van der Waals surface area contributed by atoms with Gasteiger partial charge < -0.3 is 9.64 Å². The summed E-state index contributed by atoms with van der Waals surface area (Å²) in [4.78, 5) is 27.4. The topological polar surface area (TPSA) is 49.9 Å². The van der Waals surface area contributed by atoms with E-state index in [0.29, 0.717) is 31.9 Å². The first-order chi connectivity index (χ1) is 8.77. The lowest BCUT2D eigenvalue weighted by Gasteiger charge is -2.42. The molecule has 0 saturated carbocycles. The van der Waals surface area contributed by atoms with E-state index in [-0.39, 0.29) is 18.0 Å². The molecule has 2 aliphatic heterocycles. The molecule has 2 fully saturated rings. The van der Waals surface area contributed by atoms with Crippen molar-refractivity contribution in [1.29, 1.82) is 0 Å². The van der Waals surface area contributed by atoms with Crippen LogP contribution >= 0.6 is 0 Å². The van der Waals surface area contributed by atoms with Crippen molar-refractivity contribution in [3.05, 3.63) is 30.3 Å². The van der Waals surface area contributed by atoms with Gasteiger partial charge in [0, 0.05) is 6.54 Å². The van der Waals surface area contributed by atoms with E-state index in [2.05, 4.69) is 0 Å². The number of imide groups is 1. The summed E-state index contributed by atoms with van der Waals surface area (Å²) in [6, 6.07) is 8.72. The molecule has 5 nitrogen and oxygen atoms in total. The van der Waals surface area contributed by atoms with Crippen molar-refractivity contribution in [2.75, 3.05) is 24.7 Å². The molecule has 18 heavy (non-hydrogen) atoms. The zero-order chi connectivity index (χ0) is 12.5. The van der Waals surface area contributed by atoms with Crippen molar-refractivity contribution in [2.45, 2.75) is 12.5 Å². The fourth-order valence-corrected chi connectivity index (χ4v) is 2.44. The van der Waals surface area contributed by atoms with Gasteiger partial charge in [-0.3, -0.25) is 4.79 Å². The molecule has 0 radical (unpaired) electrons. The Bertz CT molecular complexity index is 474. The second kappa shape index (κ2) is 4.42. The second-order valence-electron chi connectivity index (χ2n) is 4.47. The smallest absolute Gasteiger partial charge is 0.331 e. The fourth-order valence-electron chi connectivity index (χ4n) is 2.44. The quantitative estimate of drug-likeness (QED) is 0.749. The highest BCUT2D eigenvalue weighted by Gasteiger charge is 2.40. The lowest BCUT2D eigenvalue weighted by molar-refractivity contribution is -0.122. The maximum atomic E-state index is 12.3. The van der Waals surface area contributed by atoms with Gasteiger partial charge >= 0.3 is 6.03 Å². The Morgan fingerprint density at radius 1 is 1.17 bits per heavy atom. The lowest BCUT2D eigenvalue weighted by atomic mass is 10.1. The number of para-hydroxylation sites is 1. The Kier molecular flexibility index (Phi) is 2.76. The summed E-state index contributed by atoms with van der Waals surface area (Å²) < 4.78 is 5.31. The van der Waals surface area contributed by atoms with Crippen LogP contribution in [0.5, 0.6) is 0 Å². The van der Waals surface area contributed by atoms with Gasteiger partial charge in [0.1, 0.15) is 0 Å². The molecule has 94 valence electrons. The molecule has 0 N–H and O–H groups in total. The molecule has 0 bridgehead atoms. The summed E-state index contributed by atoms with van der Waals surface area (Å²) >= 11 is 0. The summed E-state index contributed by atoms with van der Waals surface area (Å²) in [7, 11) is 0. The minimum Gasteiger partial charge on any atom is -0.377 e. The molecule has 3 amide bonds. The van der Waals surface area contributed by atoms with E-state index in [1.807, 2.05) is 18.2 Å². The van der Waals surface area contributed by atoms with Crippen LogP contribution in [0.25, 0.3) is 0 Å². The number of hydrogen-bond acceptors (Lipinski definition) is 3. The van der Waals surface area contributed by atoms with E-state index in [9.17, 15) is 9.59 Å². The highest BCUT2D eigenvalue weighted by atomic mass is 16.5. The maximum absolute atomic E-state index is 12.3. The number of amides is 3. The Labute approximate surface area is 105 Å². The van der Waals surface area contributed by atoms with Crippen molar-refractivity contribution in [3.63, 3.8) is 0 Å². The minimum absolute atomic E-state index is 0.0984. The molecule has 1 aromatic rings. The van der Waals surface area contributed by atoms with Gasteiger partial charge in [0.25, 0.3) is 0 Å². The summed E-state index contributed by atoms with van der Waals surface area (Å²) in [5.74, 6) is -0.155. The number of rotatable bonds is 1. The summed E-state index contributed by atoms with van der Waals surface area (Å²) in [5, 5.41) is 0. The van der Waals surface area contributed by atoms with Crippen LogP contribution in [0.3, 0.4) is 0 Å². The molecule has 1 atom stereocenters. The Balaban J connectivity index is 1.91. The number of urea groups is 1. The van der Waals surface area contributed by atoms with Crippen molar-refractivity contribution >= 4 is 17.6 Å². The first kappa shape index (κ1) is 11.2. The highest BCUT2D eigenvalue weighted by Crippen LogP contribution is 2.25. The van der Waals surface area contributed by atoms with E-state index in [1.54, 1.807) is 17.0 Å². The van der Waals surface area contributed by atoms with Gasteiger partial charge in [0.15, 0.2) is 0 Å². The molecule has 2 aliphatic rings. The zero-order valence-corrected chi connectivity index (χ0v) is 9.91. The molecule has 0 aromatic heterocycles. The van der Waals surface area contributed by atoms with Crippen LogP contribution < -0.4 is 4.90 Å². The third-order valence-electron chi connectivity index (χ3n) is 3.34. The summed E-state index contributed by atoms with van der Waals surface area (Å²) in [6.45, 7) is 1.55. The largest absolute Gasteiger partial charge is 0.377 e. The predicted molar refractivity (Wildman–Crippen MR) is 65.3 cm³/mol. The number of morpholine rings is 1. The number of anilines is 1. The molecule has 1 aromatic carbocycles. The first-order valence-corrected chi connectivity index (χ1v) is 6.04. The van der Waals surface area contributed by atoms with Gasteiger partial charge in [0.2, 0.25) is 5.91 Å². The third-order valence-corrected chi connectivity index (χ3v) is 3.34. The van der Waals surface area contributed by atoms with E-state index in [1.165, 1.54) is 4.90 Å². The Hall–Kier alpha value is -1.88. The first-order valence-electron chi connectivity index (χ1n) is 6.04. The number of carbonyl (C=O) groups is 2. The lowest BCUT2D eigenvalue weighted by Crippen LogP contribution is -2.61. The number of ether oxygens (including phenoxy) is 1. The molecule has 1 unspecified atom stereocenters. The van der Waals surface area contributed by atoms with E-state index in [0.717, 1.165) is 0 Å². The van der Waals surface area contributed by atoms with Gasteiger partial charge in [-0.15, -0.1) is 0 Å². The van der Waals surface area contributed by atoms with Crippen LogP contribution in [-0.4, -0.2) is 42.6 Å². The SMILES string of the molecule is O=C1CC2COCCN2C(=O)N1c1ccccc1. The molecule has 2 heterocycles. The number of carbonyl (C=O) groups excluding carboxylic acids is 2. The van der Waals surface area contributed by atoms with Crippen LogP contribution in [-0.2, 0) is 9.53 Å². The molecule has 3 rings (SSSR count). The number of fused-ring (bicyclic) bond motifs is 1. The van der Waals surface area contributed by atoms with Crippen LogP contribution in [0, 0.1) is 0 Å². The predicted octanol–water partition coefficient (Wildman–Crippen LogP) is 1.24. The number of benzene rings is 1. The zero-order valence-electron chi connectivity index (χ0n) is 9.91. The Morgan fingerprint density at radius 2 is 1.94 bits per heavy atom. The Morgan fingerprint density at radius 3 is 2.72 bits per heavy atom. The highest BCUT2D eigenvalue weighted by molar-refractivity contribution is 6.16. The normalized spacial score (nSPS) is 24.1. The maximum Gasteiger partial charge on any atom is 0.331 e. The van der Waals surface area contributed by atoms with Crippen LogP contribution in [0.1, 0.15) is 6.42 Å². The van der Waals surface area contributed by atoms with Gasteiger partial charge in [0.05, 0.1) is 31.4 Å². The summed E-state index contributed by atoms with van der Waals surface area (Å²) in [5.41, 5.74) is 0.637. The minimum atomic E-state index is -0.231. The molecule has 0 aliphatic carbocycles. The molecular formula is C13H14N2O3. The molecule has 2 saturated heterocycles. The van der Waals surface area contributed by atoms with Gasteiger partial charge in [-0.1, -0.05) is 18.2 Å². The van der Waals surface area contributed by atoms with Gasteiger partial charge in [-0.2, -0.15) is 0 Å². The van der Waals surface area contributed by atoms with Crippen molar-refractivity contribution < 1.29 is 14.3 Å². The van der Waals surface area contributed by atoms with Gasteiger partial charge in [-0.05, 0) is 12.1 Å². The van der Waals surface area contributed by atoms with Crippen molar-refractivity contribution in [1.82, 2.24) is 4.90 Å². The average molecular weight is 246 g/mol.